The summed E-state index contributed by atoms with van der Waals surface area (Å²) < 4.78 is 0. The fourth-order valence-corrected chi connectivity index (χ4v) is 0.872. The molecule has 0 spiro atoms. The van der Waals surface area contributed by atoms with Gasteiger partial charge >= 0.3 is 0 Å². The van der Waals surface area contributed by atoms with E-state index < -0.39 is 0 Å². The summed E-state index contributed by atoms with van der Waals surface area (Å²) in [5, 5.41) is 0. The number of guanidine groups is 2. The molecule has 0 heterocycles. The van der Waals surface area contributed by atoms with Gasteiger partial charge in [-0.25, -0.2) is 0 Å². The van der Waals surface area contributed by atoms with Crippen molar-refractivity contribution in [2.75, 3.05) is 6.54 Å². The van der Waals surface area contributed by atoms with E-state index in [1.807, 2.05) is 6.08 Å². The van der Waals surface area contributed by atoms with Crippen molar-refractivity contribution in [3.8, 4) is 0 Å². The fraction of sp³-hybridized carbons (Fsp3) is 0.200. The quantitative estimate of drug-likeness (QED) is 0.342. The molecule has 0 atom stereocenters. The molecule has 0 saturated carbocycles. The number of nitrogens with two attached hydrogens (primary N) is 3. The summed E-state index contributed by atoms with van der Waals surface area (Å²) in [5.74, 6) is -0.0150. The molecule has 0 aromatic carbocycles. The molecule has 6 N–H and O–H groups in total. The van der Waals surface area contributed by atoms with Gasteiger partial charge in [0.25, 0.3) is 0 Å². The van der Waals surface area contributed by atoms with Crippen LogP contribution in [0, 0.1) is 0 Å². The van der Waals surface area contributed by atoms with Crippen LogP contribution in [0.25, 0.3) is 0 Å². The van der Waals surface area contributed by atoms with Gasteiger partial charge in [-0.2, -0.15) is 4.99 Å². The second-order valence-electron chi connectivity index (χ2n) is 2.71. The molecule has 0 radical (unpaired) electrons. The first kappa shape index (κ1) is 13.0. The molecule has 15 heavy (non-hydrogen) atoms. The number of hydrogen-bond donors (Lipinski definition) is 3. The molecule has 0 aliphatic rings. The van der Waals surface area contributed by atoms with Crippen LogP contribution in [-0.2, 0) is 0 Å². The molecule has 0 saturated heterocycles. The zero-order chi connectivity index (χ0) is 11.7. The van der Waals surface area contributed by atoms with Crippen molar-refractivity contribution in [1.29, 1.82) is 0 Å². The highest BCUT2D eigenvalue weighted by Gasteiger charge is 1.91. The topological polar surface area (TPSA) is 103 Å². The largest absolute Gasteiger partial charge is 0.370 e. The lowest BCUT2D eigenvalue weighted by atomic mass is 10.2. The third kappa shape index (κ3) is 7.06. The van der Waals surface area contributed by atoms with Gasteiger partial charge in [0, 0.05) is 6.54 Å². The molecular weight excluding hydrogens is 190 g/mol. The average Bonchev–Trinajstić information content (AvgIpc) is 2.15. The monoisotopic (exact) mass is 207 g/mol. The summed E-state index contributed by atoms with van der Waals surface area (Å²) in [7, 11) is 0. The van der Waals surface area contributed by atoms with Crippen LogP contribution in [0.3, 0.4) is 0 Å². The van der Waals surface area contributed by atoms with E-state index >= 15 is 0 Å². The van der Waals surface area contributed by atoms with Gasteiger partial charge in [-0.05, 0) is 12.0 Å². The fourth-order valence-electron chi connectivity index (χ4n) is 0.872. The van der Waals surface area contributed by atoms with E-state index in [0.717, 1.165) is 12.0 Å². The third-order valence-electron chi connectivity index (χ3n) is 1.51. The van der Waals surface area contributed by atoms with Crippen LogP contribution in [0.4, 0.5) is 0 Å². The van der Waals surface area contributed by atoms with Gasteiger partial charge in [0.15, 0.2) is 5.96 Å². The summed E-state index contributed by atoms with van der Waals surface area (Å²) in [5.41, 5.74) is 16.7. The van der Waals surface area contributed by atoms with E-state index in [9.17, 15) is 0 Å². The summed E-state index contributed by atoms with van der Waals surface area (Å²) in [6.07, 6.45) is 6.02. The van der Waals surface area contributed by atoms with Gasteiger partial charge in [0.05, 0.1) is 0 Å². The first-order valence-corrected chi connectivity index (χ1v) is 4.43. The van der Waals surface area contributed by atoms with Crippen LogP contribution >= 0.6 is 0 Å². The highest BCUT2D eigenvalue weighted by Crippen LogP contribution is 2.02. The summed E-state index contributed by atoms with van der Waals surface area (Å²) >= 11 is 0. The molecule has 5 heteroatoms. The van der Waals surface area contributed by atoms with Crippen LogP contribution in [0.15, 0.2) is 46.9 Å². The number of aliphatic imine (C=N–C) groups is 2. The first-order valence-electron chi connectivity index (χ1n) is 4.43. The molecular formula is C10H17N5. The molecule has 0 aliphatic heterocycles. The zero-order valence-corrected chi connectivity index (χ0v) is 8.69. The van der Waals surface area contributed by atoms with Gasteiger partial charge in [-0.3, -0.25) is 4.99 Å². The Morgan fingerprint density at radius 2 is 1.87 bits per heavy atom. The average molecular weight is 207 g/mol. The number of allylic oxidation sites excluding steroid dienone is 3. The van der Waals surface area contributed by atoms with Crippen molar-refractivity contribution in [1.82, 2.24) is 0 Å². The summed E-state index contributed by atoms with van der Waals surface area (Å²) in [6, 6.07) is 0. The van der Waals surface area contributed by atoms with Crippen LogP contribution in [0.2, 0.25) is 0 Å². The lowest BCUT2D eigenvalue weighted by Crippen LogP contribution is -2.26. The second kappa shape index (κ2) is 7.37. The number of rotatable bonds is 5. The molecule has 0 fully saturated rings. The van der Waals surface area contributed by atoms with Gasteiger partial charge in [0.2, 0.25) is 5.96 Å². The Hall–Kier alpha value is -2.04. The van der Waals surface area contributed by atoms with E-state index in [2.05, 4.69) is 23.1 Å². The highest BCUT2D eigenvalue weighted by atomic mass is 15.1. The van der Waals surface area contributed by atoms with Crippen molar-refractivity contribution in [2.24, 2.45) is 27.2 Å². The minimum Gasteiger partial charge on any atom is -0.370 e. The Kier molecular flexibility index (Phi) is 6.37. The lowest BCUT2D eigenvalue weighted by Gasteiger charge is -1.98. The molecule has 82 valence electrons. The SMILES string of the molecule is C=C/C=C(\C=C)CCN=C(N)N=C(N)N. The van der Waals surface area contributed by atoms with Gasteiger partial charge in [-0.1, -0.05) is 31.4 Å². The molecule has 0 bridgehead atoms. The van der Waals surface area contributed by atoms with E-state index in [0.29, 0.717) is 6.54 Å². The summed E-state index contributed by atoms with van der Waals surface area (Å²) in [4.78, 5) is 7.54. The molecule has 0 aromatic rings. The van der Waals surface area contributed by atoms with E-state index in [1.165, 1.54) is 0 Å². The maximum Gasteiger partial charge on any atom is 0.218 e. The minimum absolute atomic E-state index is 0.0806. The van der Waals surface area contributed by atoms with E-state index in [1.54, 1.807) is 12.2 Å². The molecule has 0 unspecified atom stereocenters. The molecule has 0 aromatic heterocycles. The van der Waals surface area contributed by atoms with Crippen molar-refractivity contribution in [2.45, 2.75) is 6.42 Å². The van der Waals surface area contributed by atoms with Crippen molar-refractivity contribution in [3.63, 3.8) is 0 Å². The normalized spacial score (nSPS) is 12.0. The van der Waals surface area contributed by atoms with Gasteiger partial charge < -0.3 is 17.2 Å². The minimum atomic E-state index is -0.0955. The Labute approximate surface area is 89.8 Å². The third-order valence-corrected chi connectivity index (χ3v) is 1.51. The van der Waals surface area contributed by atoms with Crippen molar-refractivity contribution in [3.05, 3.63) is 37.0 Å². The molecule has 5 nitrogen and oxygen atoms in total. The van der Waals surface area contributed by atoms with Gasteiger partial charge in [0.1, 0.15) is 0 Å². The highest BCUT2D eigenvalue weighted by molar-refractivity contribution is 5.92. The number of hydrogen-bond acceptors (Lipinski definition) is 1. The Bertz CT molecular complexity index is 308. The second-order valence-corrected chi connectivity index (χ2v) is 2.71. The van der Waals surface area contributed by atoms with Crippen molar-refractivity contribution < 1.29 is 0 Å². The predicted molar refractivity (Wildman–Crippen MR) is 65.4 cm³/mol. The Balaban J connectivity index is 4.17. The van der Waals surface area contributed by atoms with Crippen LogP contribution in [0.1, 0.15) is 6.42 Å². The van der Waals surface area contributed by atoms with E-state index in [4.69, 9.17) is 17.2 Å². The molecule has 0 aliphatic carbocycles. The van der Waals surface area contributed by atoms with Crippen LogP contribution < -0.4 is 17.2 Å². The maximum atomic E-state index is 5.41. The summed E-state index contributed by atoms with van der Waals surface area (Å²) in [6.45, 7) is 7.76. The lowest BCUT2D eigenvalue weighted by molar-refractivity contribution is 0.967. The predicted octanol–water partition coefficient (Wildman–Crippen LogP) is 0.263. The maximum absolute atomic E-state index is 5.41. The molecule has 0 amide bonds. The first-order chi connectivity index (χ1) is 7.10. The standard InChI is InChI=1S/C10H17N5/c1-3-5-8(4-2)6-7-14-10(13)15-9(11)12/h3-5H,1-2,6-7H2,(H6,11,12,13,14,15)/b8-5+. The Morgan fingerprint density at radius 3 is 2.33 bits per heavy atom. The van der Waals surface area contributed by atoms with Crippen LogP contribution in [-0.4, -0.2) is 18.5 Å². The molecule has 0 rings (SSSR count). The van der Waals surface area contributed by atoms with Crippen LogP contribution in [0.5, 0.6) is 0 Å². The Morgan fingerprint density at radius 1 is 1.20 bits per heavy atom. The smallest absolute Gasteiger partial charge is 0.218 e. The van der Waals surface area contributed by atoms with E-state index in [-0.39, 0.29) is 11.9 Å². The van der Waals surface area contributed by atoms with Crippen molar-refractivity contribution >= 4 is 11.9 Å². The van der Waals surface area contributed by atoms with Gasteiger partial charge in [-0.15, -0.1) is 0 Å². The number of nitrogens with zero attached hydrogens (tertiary/aromatic N) is 2. The zero-order valence-electron chi connectivity index (χ0n) is 8.69.